The SMILES string of the molecule is CCC(C(C)C)N1CCC(NCC2CC2)CC1. The van der Waals surface area contributed by atoms with Crippen molar-refractivity contribution in [2.45, 2.75) is 65.0 Å². The number of hydrogen-bond acceptors (Lipinski definition) is 2. The smallest absolute Gasteiger partial charge is 0.0116 e. The second-order valence-electron chi connectivity index (χ2n) is 6.38. The van der Waals surface area contributed by atoms with Crippen LogP contribution in [0.1, 0.15) is 52.9 Å². The molecule has 2 aliphatic rings. The Kier molecular flexibility index (Phi) is 4.87. The van der Waals surface area contributed by atoms with Crippen molar-refractivity contribution < 1.29 is 0 Å². The van der Waals surface area contributed by atoms with Gasteiger partial charge in [0.1, 0.15) is 0 Å². The zero-order valence-corrected chi connectivity index (χ0v) is 11.9. The lowest BCUT2D eigenvalue weighted by Crippen LogP contribution is -2.48. The number of nitrogens with zero attached hydrogens (tertiary/aromatic N) is 1. The average molecular weight is 238 g/mol. The molecule has 1 atom stereocenters. The standard InChI is InChI=1S/C15H30N2/c1-4-15(12(2)3)17-9-7-14(8-10-17)16-11-13-5-6-13/h12-16H,4-11H2,1-3H3. The van der Waals surface area contributed by atoms with Crippen molar-refractivity contribution in [3.63, 3.8) is 0 Å². The van der Waals surface area contributed by atoms with Crippen molar-refractivity contribution in [3.8, 4) is 0 Å². The fourth-order valence-corrected chi connectivity index (χ4v) is 3.24. The Bertz CT molecular complexity index is 215. The van der Waals surface area contributed by atoms with Crippen molar-refractivity contribution in [2.24, 2.45) is 11.8 Å². The minimum atomic E-state index is 0.802. The van der Waals surface area contributed by atoms with Gasteiger partial charge in [-0.25, -0.2) is 0 Å². The van der Waals surface area contributed by atoms with Gasteiger partial charge in [-0.2, -0.15) is 0 Å². The van der Waals surface area contributed by atoms with Gasteiger partial charge in [-0.1, -0.05) is 20.8 Å². The van der Waals surface area contributed by atoms with Crippen LogP contribution >= 0.6 is 0 Å². The van der Waals surface area contributed by atoms with E-state index in [2.05, 4.69) is 31.0 Å². The molecule has 1 aliphatic carbocycles. The molecular formula is C15H30N2. The fraction of sp³-hybridized carbons (Fsp3) is 1.00. The molecule has 0 spiro atoms. The van der Waals surface area contributed by atoms with E-state index in [4.69, 9.17) is 0 Å². The zero-order chi connectivity index (χ0) is 12.3. The predicted octanol–water partition coefficient (Wildman–Crippen LogP) is 2.89. The monoisotopic (exact) mass is 238 g/mol. The largest absolute Gasteiger partial charge is 0.314 e. The minimum Gasteiger partial charge on any atom is -0.314 e. The number of piperidine rings is 1. The third-order valence-corrected chi connectivity index (χ3v) is 4.58. The van der Waals surface area contributed by atoms with E-state index >= 15 is 0 Å². The summed E-state index contributed by atoms with van der Waals surface area (Å²) in [7, 11) is 0. The third kappa shape index (κ3) is 3.96. The molecule has 2 heteroatoms. The third-order valence-electron chi connectivity index (χ3n) is 4.58. The highest BCUT2D eigenvalue weighted by atomic mass is 15.2. The Morgan fingerprint density at radius 2 is 1.76 bits per heavy atom. The normalized spacial score (nSPS) is 25.4. The van der Waals surface area contributed by atoms with Crippen molar-refractivity contribution in [2.75, 3.05) is 19.6 Å². The highest BCUT2D eigenvalue weighted by Gasteiger charge is 2.27. The molecule has 17 heavy (non-hydrogen) atoms. The number of hydrogen-bond donors (Lipinski definition) is 1. The van der Waals surface area contributed by atoms with Gasteiger partial charge in [0.25, 0.3) is 0 Å². The molecule has 100 valence electrons. The summed E-state index contributed by atoms with van der Waals surface area (Å²) in [4.78, 5) is 2.72. The maximum atomic E-state index is 3.76. The predicted molar refractivity (Wildman–Crippen MR) is 74.2 cm³/mol. The molecule has 0 radical (unpaired) electrons. The van der Waals surface area contributed by atoms with Gasteiger partial charge in [0, 0.05) is 12.1 Å². The van der Waals surface area contributed by atoms with E-state index in [0.29, 0.717) is 0 Å². The minimum absolute atomic E-state index is 0.802. The Morgan fingerprint density at radius 1 is 1.12 bits per heavy atom. The van der Waals surface area contributed by atoms with Crippen LogP contribution in [0.4, 0.5) is 0 Å². The van der Waals surface area contributed by atoms with Gasteiger partial charge in [0.15, 0.2) is 0 Å². The van der Waals surface area contributed by atoms with Gasteiger partial charge in [0.05, 0.1) is 0 Å². The zero-order valence-electron chi connectivity index (χ0n) is 11.9. The Morgan fingerprint density at radius 3 is 2.24 bits per heavy atom. The summed E-state index contributed by atoms with van der Waals surface area (Å²) in [5, 5.41) is 3.76. The van der Waals surface area contributed by atoms with Crippen LogP contribution in [0.15, 0.2) is 0 Å². The maximum Gasteiger partial charge on any atom is 0.0116 e. The average Bonchev–Trinajstić information content (AvgIpc) is 3.12. The molecular weight excluding hydrogens is 208 g/mol. The van der Waals surface area contributed by atoms with E-state index < -0.39 is 0 Å². The summed E-state index contributed by atoms with van der Waals surface area (Å²) in [5.74, 6) is 1.82. The Hall–Kier alpha value is -0.0800. The first-order chi connectivity index (χ1) is 8.20. The van der Waals surface area contributed by atoms with E-state index in [1.165, 1.54) is 51.7 Å². The van der Waals surface area contributed by atoms with E-state index in [1.807, 2.05) is 0 Å². The van der Waals surface area contributed by atoms with Gasteiger partial charge in [-0.15, -0.1) is 0 Å². The van der Waals surface area contributed by atoms with Crippen LogP contribution in [0.2, 0.25) is 0 Å². The first kappa shape index (κ1) is 13.4. The lowest BCUT2D eigenvalue weighted by atomic mass is 9.95. The van der Waals surface area contributed by atoms with E-state index in [-0.39, 0.29) is 0 Å². The van der Waals surface area contributed by atoms with Gasteiger partial charge < -0.3 is 10.2 Å². The van der Waals surface area contributed by atoms with Gasteiger partial charge in [-0.05, 0) is 63.6 Å². The second kappa shape index (κ2) is 6.19. The number of likely N-dealkylation sites (tertiary alicyclic amines) is 1. The number of rotatable bonds is 6. The molecule has 0 bridgehead atoms. The van der Waals surface area contributed by atoms with Crippen LogP contribution in [0.25, 0.3) is 0 Å². The van der Waals surface area contributed by atoms with Crippen LogP contribution in [0.5, 0.6) is 0 Å². The van der Waals surface area contributed by atoms with Crippen molar-refractivity contribution in [1.82, 2.24) is 10.2 Å². The molecule has 1 N–H and O–H groups in total. The molecule has 2 nitrogen and oxygen atoms in total. The van der Waals surface area contributed by atoms with Crippen molar-refractivity contribution in [1.29, 1.82) is 0 Å². The molecule has 2 rings (SSSR count). The molecule has 1 aliphatic heterocycles. The second-order valence-corrected chi connectivity index (χ2v) is 6.38. The highest BCUT2D eigenvalue weighted by Crippen LogP contribution is 2.28. The molecule has 0 aromatic carbocycles. The first-order valence-electron chi connectivity index (χ1n) is 7.68. The summed E-state index contributed by atoms with van der Waals surface area (Å²) in [6.45, 7) is 11.0. The van der Waals surface area contributed by atoms with Crippen LogP contribution < -0.4 is 5.32 Å². The van der Waals surface area contributed by atoms with Crippen LogP contribution in [0, 0.1) is 11.8 Å². The van der Waals surface area contributed by atoms with E-state index in [0.717, 1.165) is 23.9 Å². The lowest BCUT2D eigenvalue weighted by molar-refractivity contribution is 0.110. The Labute approximate surface area is 107 Å². The molecule has 1 saturated heterocycles. The van der Waals surface area contributed by atoms with Crippen molar-refractivity contribution >= 4 is 0 Å². The summed E-state index contributed by atoms with van der Waals surface area (Å²) in [6, 6.07) is 1.61. The molecule has 0 amide bonds. The van der Waals surface area contributed by atoms with E-state index in [1.54, 1.807) is 0 Å². The van der Waals surface area contributed by atoms with Crippen LogP contribution in [0.3, 0.4) is 0 Å². The fourth-order valence-electron chi connectivity index (χ4n) is 3.24. The number of nitrogens with one attached hydrogen (secondary N) is 1. The quantitative estimate of drug-likeness (QED) is 0.765. The van der Waals surface area contributed by atoms with Gasteiger partial charge in [0.2, 0.25) is 0 Å². The van der Waals surface area contributed by atoms with Crippen molar-refractivity contribution in [3.05, 3.63) is 0 Å². The topological polar surface area (TPSA) is 15.3 Å². The van der Waals surface area contributed by atoms with Crippen LogP contribution in [-0.2, 0) is 0 Å². The summed E-state index contributed by atoms with van der Waals surface area (Å²) in [6.07, 6.45) is 6.96. The molecule has 1 unspecified atom stereocenters. The van der Waals surface area contributed by atoms with Crippen LogP contribution in [-0.4, -0.2) is 36.6 Å². The summed E-state index contributed by atoms with van der Waals surface area (Å²) in [5.41, 5.74) is 0. The summed E-state index contributed by atoms with van der Waals surface area (Å²) < 4.78 is 0. The van der Waals surface area contributed by atoms with Gasteiger partial charge >= 0.3 is 0 Å². The van der Waals surface area contributed by atoms with Gasteiger partial charge in [-0.3, -0.25) is 0 Å². The molecule has 0 aromatic heterocycles. The molecule has 1 heterocycles. The Balaban J connectivity index is 1.68. The first-order valence-corrected chi connectivity index (χ1v) is 7.68. The lowest BCUT2D eigenvalue weighted by Gasteiger charge is -2.39. The summed E-state index contributed by atoms with van der Waals surface area (Å²) >= 11 is 0. The maximum absolute atomic E-state index is 3.76. The molecule has 1 saturated carbocycles. The highest BCUT2D eigenvalue weighted by molar-refractivity contribution is 4.84. The molecule has 0 aromatic rings. The van der Waals surface area contributed by atoms with E-state index in [9.17, 15) is 0 Å². The molecule has 2 fully saturated rings.